The minimum atomic E-state index is -0.517. The summed E-state index contributed by atoms with van der Waals surface area (Å²) >= 11 is 0. The van der Waals surface area contributed by atoms with Crippen LogP contribution >= 0.6 is 0 Å². The van der Waals surface area contributed by atoms with Gasteiger partial charge in [-0.15, -0.1) is 0 Å². The summed E-state index contributed by atoms with van der Waals surface area (Å²) in [4.78, 5) is 20.6. The van der Waals surface area contributed by atoms with Gasteiger partial charge in [-0.2, -0.15) is 0 Å². The van der Waals surface area contributed by atoms with Crippen molar-refractivity contribution in [1.82, 2.24) is 24.1 Å². The highest BCUT2D eigenvalue weighted by molar-refractivity contribution is 6.27. The molecular formula is C88H52N6O2. The van der Waals surface area contributed by atoms with Crippen LogP contribution in [0.25, 0.3) is 194 Å². The zero-order valence-electron chi connectivity index (χ0n) is 60.7. The Morgan fingerprint density at radius 1 is 0.312 bits per heavy atom. The lowest BCUT2D eigenvalue weighted by Gasteiger charge is -2.24. The van der Waals surface area contributed by atoms with Crippen molar-refractivity contribution < 1.29 is 22.5 Å². The zero-order chi connectivity index (χ0) is 72.1. The maximum absolute atomic E-state index is 9.68. The Morgan fingerprint density at radius 2 is 0.688 bits per heavy atom. The fourth-order valence-electron chi connectivity index (χ4n) is 14.0. The second-order valence-corrected chi connectivity index (χ2v) is 23.7. The first-order valence-corrected chi connectivity index (χ1v) is 31.4. The molecule has 96 heavy (non-hydrogen) atoms. The highest BCUT2D eigenvalue weighted by atomic mass is 16.3. The molecular weight excluding hydrogens is 1170 g/mol. The maximum Gasteiger partial charge on any atom is 0.212 e. The SMILES string of the molecule is [2H]c1c([2H])c([2H])c(-c2ccc3c(c2)c2c4oc5ccc(-c6ccccc6)cc5c4ccc2n3-c2c([N+]#[C-])cc(-c3nc(-c4ccccc4)nc(-c4ccccc4)n3)c(-n3c4ccc(-c5c([2H])c([2H])c([2H])c([2H])c5[2H])cc4c4c5oc6ccc(-c7ccccc7)cc6c5ccc43)c2-c2ccccc2)c([2H])c1[2H]. The standard InChI is InChI=1S/C88H52N6O2/c1-89-72-53-71(88-91-86(59-33-19-7-20-34-59)90-87(92-88)60-35-21-8-22-36-60)82(93-73-43-37-61(54-23-9-2-10-24-54)51-69(73)80-75(93)45-41-65-67-49-63(56-27-13-4-14-28-56)39-47-77(67)95-84(65)80)79(58-31-17-6-18-32-58)83(72)94-74-44-38-62(55-25-11-3-12-26-55)52-70(74)81-76(94)46-42-66-68-50-64(57-29-15-5-16-30-57)40-48-78(68)96-85(66)81/h2-53H/i2D,3D,9D,10D,11D,12D,23D,24D,25D,26D. The molecule has 0 fully saturated rings. The Kier molecular flexibility index (Phi) is 10.3. The van der Waals surface area contributed by atoms with Crippen LogP contribution in [0.5, 0.6) is 0 Å². The van der Waals surface area contributed by atoms with Gasteiger partial charge in [-0.05, 0) is 129 Å². The molecule has 0 saturated carbocycles. The minimum Gasteiger partial charge on any atom is -0.455 e. The molecule has 5 aromatic heterocycles. The number of aromatic nitrogens is 5. The predicted octanol–water partition coefficient (Wildman–Crippen LogP) is 23.8. The molecule has 14 aromatic carbocycles. The molecule has 0 aliphatic carbocycles. The summed E-state index contributed by atoms with van der Waals surface area (Å²) in [5, 5.41) is 5.71. The molecule has 0 aliphatic heterocycles. The smallest absolute Gasteiger partial charge is 0.212 e. The van der Waals surface area contributed by atoms with Crippen molar-refractivity contribution in [1.29, 1.82) is 0 Å². The monoisotopic (exact) mass is 1230 g/mol. The average Bonchev–Trinajstić information content (AvgIpc) is 1.54. The van der Waals surface area contributed by atoms with Crippen molar-refractivity contribution in [2.75, 3.05) is 0 Å². The lowest BCUT2D eigenvalue weighted by atomic mass is 9.94. The lowest BCUT2D eigenvalue weighted by molar-refractivity contribution is 0.672. The molecule has 19 rings (SSSR count). The van der Waals surface area contributed by atoms with E-state index in [0.717, 1.165) is 43.8 Å². The van der Waals surface area contributed by atoms with Gasteiger partial charge in [-0.1, -0.05) is 236 Å². The van der Waals surface area contributed by atoms with Crippen molar-refractivity contribution in [3.63, 3.8) is 0 Å². The van der Waals surface area contributed by atoms with E-state index in [1.165, 1.54) is 0 Å². The Bertz CT molecular complexity index is 6900. The fraction of sp³-hybridized carbons (Fsp3) is 0. The van der Waals surface area contributed by atoms with Crippen LogP contribution in [0, 0.1) is 6.57 Å². The topological polar surface area (TPSA) is 79.2 Å². The van der Waals surface area contributed by atoms with Crippen LogP contribution in [0.1, 0.15) is 13.7 Å². The Hall–Kier alpha value is -13.2. The van der Waals surface area contributed by atoms with E-state index in [4.69, 9.17) is 32.0 Å². The normalized spacial score (nSPS) is 13.2. The molecule has 446 valence electrons. The molecule has 0 unspecified atom stereocenters. The molecule has 8 heteroatoms. The van der Waals surface area contributed by atoms with E-state index in [1.54, 1.807) is 12.1 Å². The van der Waals surface area contributed by atoms with E-state index < -0.39 is 36.3 Å². The molecule has 0 radical (unpaired) electrons. The zero-order valence-corrected chi connectivity index (χ0v) is 50.7. The van der Waals surface area contributed by atoms with Gasteiger partial charge in [0.15, 0.2) is 17.5 Å². The Balaban J connectivity index is 1.00. The van der Waals surface area contributed by atoms with Gasteiger partial charge in [0.2, 0.25) is 5.69 Å². The van der Waals surface area contributed by atoms with Crippen LogP contribution in [-0.2, 0) is 0 Å². The quantitative estimate of drug-likeness (QED) is 0.128. The minimum absolute atomic E-state index is 0.00919. The second kappa shape index (κ2) is 22.0. The molecule has 0 saturated heterocycles. The Labute approximate surface area is 565 Å². The van der Waals surface area contributed by atoms with Crippen LogP contribution in [0.4, 0.5) is 5.69 Å². The van der Waals surface area contributed by atoms with E-state index in [-0.39, 0.29) is 46.8 Å². The number of hydrogen-bond acceptors (Lipinski definition) is 5. The van der Waals surface area contributed by atoms with Crippen molar-refractivity contribution in [3.8, 4) is 101 Å². The summed E-state index contributed by atoms with van der Waals surface area (Å²) in [6, 6.07) is 78.1. The van der Waals surface area contributed by atoms with Crippen LogP contribution in [0.3, 0.4) is 0 Å². The number of furan rings is 2. The second-order valence-electron chi connectivity index (χ2n) is 23.7. The molecule has 0 amide bonds. The summed E-state index contributed by atoms with van der Waals surface area (Å²) in [5.41, 5.74) is 13.4. The summed E-state index contributed by atoms with van der Waals surface area (Å²) in [6.45, 7) is 9.68. The van der Waals surface area contributed by atoms with Crippen molar-refractivity contribution in [3.05, 3.63) is 327 Å². The number of rotatable bonds is 10. The van der Waals surface area contributed by atoms with Gasteiger partial charge < -0.3 is 18.0 Å². The van der Waals surface area contributed by atoms with Gasteiger partial charge in [0.05, 0.1) is 64.5 Å². The van der Waals surface area contributed by atoms with Crippen molar-refractivity contribution in [2.24, 2.45) is 0 Å². The van der Waals surface area contributed by atoms with E-state index in [1.807, 2.05) is 206 Å². The molecule has 0 atom stereocenters. The van der Waals surface area contributed by atoms with Gasteiger partial charge >= 0.3 is 0 Å². The molecule has 5 heterocycles. The van der Waals surface area contributed by atoms with E-state index >= 15 is 0 Å². The van der Waals surface area contributed by atoms with Crippen LogP contribution < -0.4 is 0 Å². The number of hydrogen-bond donors (Lipinski definition) is 0. The fourth-order valence-corrected chi connectivity index (χ4v) is 14.0. The average molecular weight is 1240 g/mol. The predicted molar refractivity (Wildman–Crippen MR) is 393 cm³/mol. The summed E-state index contributed by atoms with van der Waals surface area (Å²) < 4.78 is 109. The molecule has 0 N–H and O–H groups in total. The summed E-state index contributed by atoms with van der Waals surface area (Å²) in [5.74, 6) is 0.930. The first-order valence-electron chi connectivity index (χ1n) is 36.4. The molecule has 8 nitrogen and oxygen atoms in total. The van der Waals surface area contributed by atoms with E-state index in [0.29, 0.717) is 128 Å². The van der Waals surface area contributed by atoms with Crippen LogP contribution in [-0.4, -0.2) is 24.1 Å². The van der Waals surface area contributed by atoms with Gasteiger partial charge in [0, 0.05) is 54.6 Å². The van der Waals surface area contributed by atoms with Crippen LogP contribution in [0.2, 0.25) is 0 Å². The van der Waals surface area contributed by atoms with E-state index in [9.17, 15) is 12.1 Å². The van der Waals surface area contributed by atoms with Crippen LogP contribution in [0.15, 0.2) is 324 Å². The highest BCUT2D eigenvalue weighted by Crippen LogP contribution is 2.53. The molecule has 0 spiro atoms. The summed E-state index contributed by atoms with van der Waals surface area (Å²) in [7, 11) is 0. The molecule has 0 aliphatic rings. The first-order chi connectivity index (χ1) is 51.7. The summed E-state index contributed by atoms with van der Waals surface area (Å²) in [6.07, 6.45) is 0. The Morgan fingerprint density at radius 3 is 1.14 bits per heavy atom. The number of fused-ring (bicyclic) bond motifs is 14. The molecule has 19 aromatic rings. The van der Waals surface area contributed by atoms with E-state index in [2.05, 4.69) is 50.4 Å². The largest absolute Gasteiger partial charge is 0.455 e. The first kappa shape index (κ1) is 45.1. The maximum atomic E-state index is 9.68. The van der Waals surface area contributed by atoms with Crippen molar-refractivity contribution >= 4 is 93.2 Å². The third-order valence-electron chi connectivity index (χ3n) is 18.3. The van der Waals surface area contributed by atoms with Gasteiger partial charge in [0.1, 0.15) is 22.3 Å². The van der Waals surface area contributed by atoms with Crippen molar-refractivity contribution in [2.45, 2.75) is 0 Å². The highest BCUT2D eigenvalue weighted by Gasteiger charge is 2.32. The number of benzene rings is 14. The van der Waals surface area contributed by atoms with Gasteiger partial charge in [-0.25, -0.2) is 19.8 Å². The molecule has 0 bridgehead atoms. The third-order valence-corrected chi connectivity index (χ3v) is 18.3. The van der Waals surface area contributed by atoms with Gasteiger partial charge in [0.25, 0.3) is 0 Å². The number of nitrogens with zero attached hydrogens (tertiary/aromatic N) is 6. The van der Waals surface area contributed by atoms with Gasteiger partial charge in [-0.3, -0.25) is 0 Å². The lowest BCUT2D eigenvalue weighted by Crippen LogP contribution is -2.08. The third kappa shape index (κ3) is 8.72.